The van der Waals surface area contributed by atoms with Gasteiger partial charge < -0.3 is 42.8 Å². The highest BCUT2D eigenvalue weighted by atomic mass is 32.1. The van der Waals surface area contributed by atoms with E-state index in [2.05, 4.69) is 70.1 Å². The topological polar surface area (TPSA) is 124 Å². The van der Waals surface area contributed by atoms with Gasteiger partial charge in [0.2, 0.25) is 0 Å². The molecule has 0 radical (unpaired) electrons. The van der Waals surface area contributed by atoms with Gasteiger partial charge in [0, 0.05) is 61.5 Å². The number of methoxy groups -OCH3 is 3. The lowest BCUT2D eigenvalue weighted by Gasteiger charge is -2.44. The normalized spacial score (nSPS) is 40.1. The number of carbonyl (C=O) groups is 2. The van der Waals surface area contributed by atoms with Crippen LogP contribution in [0.15, 0.2) is 35.9 Å². The largest absolute Gasteiger partial charge is 0.462 e. The minimum Gasteiger partial charge on any atom is -0.462 e. The van der Waals surface area contributed by atoms with Crippen LogP contribution < -0.4 is 0 Å². The number of ketones is 1. The number of likely N-dealkylation sites (N-methyl/N-ethyl adjacent to an activating group) is 1. The summed E-state index contributed by atoms with van der Waals surface area (Å²) in [4.78, 5) is 38.2. The Morgan fingerprint density at radius 2 is 1.66 bits per heavy atom. The lowest BCUT2D eigenvalue weighted by atomic mass is 9.67. The molecule has 0 amide bonds. The Bertz CT molecular complexity index is 1920. The second-order valence-corrected chi connectivity index (χ2v) is 20.2. The number of carbonyl (C=O) groups excluding carboxylic acids is 2. The zero-order chi connectivity index (χ0) is 44.0. The molecule has 342 valence electrons. The first-order valence-electron chi connectivity index (χ1n) is 23.2. The summed E-state index contributed by atoms with van der Waals surface area (Å²) >= 11 is 1.75. The molecule has 0 spiro atoms. The molecule has 4 heterocycles. The molecule has 1 aromatic carbocycles. The number of hydrogen-bond donors (Lipinski definition) is 0. The average molecular weight is 879 g/mol. The van der Waals surface area contributed by atoms with Crippen LogP contribution in [0.25, 0.3) is 10.6 Å². The van der Waals surface area contributed by atoms with E-state index in [9.17, 15) is 4.79 Å². The second-order valence-electron chi connectivity index (χ2n) is 19.1. The van der Waals surface area contributed by atoms with Crippen LogP contribution in [0.5, 0.6) is 0 Å². The number of esters is 1. The number of thiazole rings is 1. The number of aryl methyl sites for hydroxylation is 1. The van der Waals surface area contributed by atoms with Crippen LogP contribution in [-0.4, -0.2) is 125 Å². The highest BCUT2D eigenvalue weighted by Crippen LogP contribution is 2.63. The zero-order valence-corrected chi connectivity index (χ0v) is 39.3. The van der Waals surface area contributed by atoms with Crippen molar-refractivity contribution < 1.29 is 47.5 Å². The first-order valence-corrected chi connectivity index (χ1v) is 24.0. The Hall–Kier alpha value is -2.59. The van der Waals surface area contributed by atoms with Crippen LogP contribution in [0.3, 0.4) is 0 Å². The van der Waals surface area contributed by atoms with Crippen LogP contribution in [0.4, 0.5) is 0 Å². The Morgan fingerprint density at radius 3 is 2.35 bits per heavy atom. The molecule has 4 fully saturated rings. The van der Waals surface area contributed by atoms with Crippen molar-refractivity contribution in [3.8, 4) is 10.6 Å². The van der Waals surface area contributed by atoms with Gasteiger partial charge in [-0.1, -0.05) is 43.7 Å². The second kappa shape index (κ2) is 19.5. The highest BCUT2D eigenvalue weighted by molar-refractivity contribution is 7.15. The summed E-state index contributed by atoms with van der Waals surface area (Å²) < 4.78 is 50.6. The van der Waals surface area contributed by atoms with Crippen LogP contribution >= 0.6 is 11.3 Å². The molecule has 8 rings (SSSR count). The molecule has 4 unspecified atom stereocenters. The lowest BCUT2D eigenvalue weighted by molar-refractivity contribution is -0.314. The summed E-state index contributed by atoms with van der Waals surface area (Å²) in [6.07, 6.45) is 5.38. The van der Waals surface area contributed by atoms with Gasteiger partial charge in [-0.3, -0.25) is 9.59 Å². The van der Waals surface area contributed by atoms with Crippen molar-refractivity contribution in [1.29, 1.82) is 0 Å². The predicted octanol–water partition coefficient (Wildman–Crippen LogP) is 8.00. The lowest BCUT2D eigenvalue weighted by Crippen LogP contribution is -2.59. The third-order valence-corrected chi connectivity index (χ3v) is 16.4. The number of ether oxygens (including phenoxy) is 8. The Kier molecular flexibility index (Phi) is 14.4. The van der Waals surface area contributed by atoms with Gasteiger partial charge in [-0.05, 0) is 110 Å². The number of nitrogens with zero attached hydrogens (tertiary/aromatic N) is 2. The SMILES string of the molecule is CC[C@H]1CCC[C@H](O[C@H]2CC[C@H](N(C)C)C(C)O2)[C@@H](C)C(=O)C2=C[C@H]3[C@@H]4C[C@H](O[C@@H]5OC(C)[C@H](OC)C(OC)C5OC)C[C@H]4c4sc(-c5cccc(C)c5)nc4[C@H]3[C@@H]2CC(=O)O1. The molecule has 0 N–H and O–H groups in total. The summed E-state index contributed by atoms with van der Waals surface area (Å²) in [6, 6.07) is 8.80. The molecule has 0 bridgehead atoms. The Morgan fingerprint density at radius 1 is 0.887 bits per heavy atom. The van der Waals surface area contributed by atoms with Gasteiger partial charge in [0.05, 0.1) is 36.5 Å². The van der Waals surface area contributed by atoms with Crippen LogP contribution in [0.1, 0.15) is 113 Å². The summed E-state index contributed by atoms with van der Waals surface area (Å²) in [6.45, 7) is 10.3. The Balaban J connectivity index is 1.14. The van der Waals surface area contributed by atoms with Crippen molar-refractivity contribution >= 4 is 23.1 Å². The van der Waals surface area contributed by atoms with Crippen LogP contribution in [0, 0.1) is 30.6 Å². The summed E-state index contributed by atoms with van der Waals surface area (Å²) in [5, 5.41) is 0.960. The van der Waals surface area contributed by atoms with E-state index in [1.54, 1.807) is 32.7 Å². The van der Waals surface area contributed by atoms with Crippen LogP contribution in [-0.2, 0) is 47.5 Å². The maximum Gasteiger partial charge on any atom is 0.306 e. The molecule has 3 aliphatic carbocycles. The van der Waals surface area contributed by atoms with E-state index >= 15 is 4.79 Å². The van der Waals surface area contributed by atoms with E-state index in [0.717, 1.165) is 66.8 Å². The predicted molar refractivity (Wildman–Crippen MR) is 236 cm³/mol. The number of rotatable bonds is 10. The van der Waals surface area contributed by atoms with E-state index in [-0.39, 0.29) is 96.8 Å². The average Bonchev–Trinajstić information content (AvgIpc) is 3.97. The molecule has 3 saturated heterocycles. The van der Waals surface area contributed by atoms with E-state index in [4.69, 9.17) is 42.9 Å². The van der Waals surface area contributed by atoms with Gasteiger partial charge in [-0.25, -0.2) is 4.98 Å². The van der Waals surface area contributed by atoms with Gasteiger partial charge in [0.15, 0.2) is 18.4 Å². The molecule has 1 saturated carbocycles. The number of benzene rings is 1. The van der Waals surface area contributed by atoms with Crippen molar-refractivity contribution in [2.75, 3.05) is 35.4 Å². The standard InChI is InChI=1S/C49H70N2O10S/c1-11-30-16-13-17-38(61-40-19-18-37(51(6)7)27(4)57-40)26(3)43(53)35-23-33-32-21-31(60-49-46(56-10)45(55-9)44(54-8)28(5)58-49)22-36(32)47-42(41(33)34(35)24-39(52)59-30)50-48(62-47)29-15-12-14-25(2)20-29/h12,14-15,20,23,26-28,30-34,36-38,40-41,44-46,49H,11,13,16-19,21-22,24H2,1-10H3/t26-,27?,28?,30+,31+,32+,33+,34-,36-,37+,38+,40+,41-,44+,45?,46?,49+/m1/s1. The molecular formula is C49H70N2O10S. The molecule has 6 aliphatic rings. The summed E-state index contributed by atoms with van der Waals surface area (Å²) in [5.41, 5.74) is 3.97. The summed E-state index contributed by atoms with van der Waals surface area (Å²) in [5.74, 6) is -0.895. The maximum atomic E-state index is 15.2. The van der Waals surface area contributed by atoms with Crippen molar-refractivity contribution in [1.82, 2.24) is 9.88 Å². The highest BCUT2D eigenvalue weighted by Gasteiger charge is 2.57. The van der Waals surface area contributed by atoms with Gasteiger partial charge in [-0.2, -0.15) is 0 Å². The first-order chi connectivity index (χ1) is 29.8. The van der Waals surface area contributed by atoms with Crippen molar-refractivity contribution in [3.05, 3.63) is 52.0 Å². The number of fused-ring (bicyclic) bond motifs is 8. The smallest absolute Gasteiger partial charge is 0.306 e. The molecule has 17 atom stereocenters. The zero-order valence-electron chi connectivity index (χ0n) is 38.5. The third-order valence-electron chi connectivity index (χ3n) is 15.2. The monoisotopic (exact) mass is 878 g/mol. The maximum absolute atomic E-state index is 15.2. The number of aromatic nitrogens is 1. The minimum absolute atomic E-state index is 0.0104. The van der Waals surface area contributed by atoms with Crippen molar-refractivity contribution in [2.45, 2.75) is 172 Å². The van der Waals surface area contributed by atoms with E-state index in [1.165, 1.54) is 10.4 Å². The van der Waals surface area contributed by atoms with Gasteiger partial charge in [-0.15, -0.1) is 11.3 Å². The van der Waals surface area contributed by atoms with Crippen molar-refractivity contribution in [2.24, 2.45) is 23.7 Å². The Labute approximate surface area is 372 Å². The fourth-order valence-corrected chi connectivity index (χ4v) is 13.3. The quantitative estimate of drug-likeness (QED) is 0.215. The number of allylic oxidation sites excluding steroid dienone is 2. The van der Waals surface area contributed by atoms with Gasteiger partial charge >= 0.3 is 5.97 Å². The molecule has 62 heavy (non-hydrogen) atoms. The van der Waals surface area contributed by atoms with Crippen LogP contribution in [0.2, 0.25) is 0 Å². The summed E-state index contributed by atoms with van der Waals surface area (Å²) in [7, 11) is 9.18. The molecule has 3 aliphatic heterocycles. The minimum atomic E-state index is -0.654. The van der Waals surface area contributed by atoms with E-state index in [0.29, 0.717) is 12.5 Å². The molecule has 12 nitrogen and oxygen atoms in total. The van der Waals surface area contributed by atoms with Crippen molar-refractivity contribution in [3.63, 3.8) is 0 Å². The fraction of sp³-hybridized carbons (Fsp3) is 0.735. The van der Waals surface area contributed by atoms with Gasteiger partial charge in [0.25, 0.3) is 0 Å². The number of hydrogen-bond acceptors (Lipinski definition) is 13. The molecular weight excluding hydrogens is 809 g/mol. The fourth-order valence-electron chi connectivity index (χ4n) is 12.0. The number of cyclic esters (lactones) is 1. The van der Waals surface area contributed by atoms with E-state index in [1.807, 2.05) is 13.8 Å². The number of Topliss-reactive ketones (excluding diaryl/α,β-unsaturated/α-hetero) is 1. The molecule has 1 aromatic heterocycles. The first kappa shape index (κ1) is 46.0. The van der Waals surface area contributed by atoms with E-state index < -0.39 is 18.3 Å². The van der Waals surface area contributed by atoms with Gasteiger partial charge in [0.1, 0.15) is 29.4 Å². The molecule has 2 aromatic rings. The molecule has 13 heteroatoms. The third kappa shape index (κ3) is 9.01.